The molecule has 1 heterocycles. The number of imide groups is 1. The smallest absolute Gasteiger partial charge is 0.325 e. The fraction of sp³-hybridized carbons (Fsp3) is 0.423. The molecule has 0 aromatic heterocycles. The molecule has 1 saturated heterocycles. The molecule has 2 aromatic carbocycles. The van der Waals surface area contributed by atoms with E-state index in [2.05, 4.69) is 5.32 Å². The zero-order valence-electron chi connectivity index (χ0n) is 19.3. The Bertz CT molecular complexity index is 1060. The van der Waals surface area contributed by atoms with Gasteiger partial charge in [0.15, 0.2) is 17.3 Å². The maximum atomic E-state index is 13.2. The van der Waals surface area contributed by atoms with Crippen LogP contribution >= 0.6 is 0 Å². The molecular formula is C26H30N2O5. The second-order valence-corrected chi connectivity index (χ2v) is 8.90. The standard InChI is InChI=1S/C26H30N2O5/c1-26(20-13-14-22(32-2)23(15-20)33-3)24(30)28(25(31)27-26)16-21(29)19-11-9-18(10-12-19)17-7-5-4-6-8-17/h9-15,17H,4-8,16H2,1-3H3,(H,27,31). The first-order chi connectivity index (χ1) is 15.9. The maximum absolute atomic E-state index is 13.2. The third-order valence-electron chi connectivity index (χ3n) is 6.85. The molecule has 174 valence electrons. The van der Waals surface area contributed by atoms with E-state index in [0.717, 1.165) is 4.90 Å². The van der Waals surface area contributed by atoms with Crippen molar-refractivity contribution in [1.29, 1.82) is 0 Å². The van der Waals surface area contributed by atoms with Crippen LogP contribution in [0.2, 0.25) is 0 Å². The second kappa shape index (κ2) is 9.25. The SMILES string of the molecule is COc1ccc(C2(C)NC(=O)N(CC(=O)c3ccc(C4CCCCC4)cc3)C2=O)cc1OC. The Morgan fingerprint density at radius 2 is 1.67 bits per heavy atom. The van der Waals surface area contributed by atoms with Gasteiger partial charge in [0.25, 0.3) is 5.91 Å². The summed E-state index contributed by atoms with van der Waals surface area (Å²) < 4.78 is 10.6. The molecule has 1 atom stereocenters. The first kappa shape index (κ1) is 22.8. The molecule has 0 bridgehead atoms. The van der Waals surface area contributed by atoms with Crippen LogP contribution < -0.4 is 14.8 Å². The van der Waals surface area contributed by atoms with Crippen LogP contribution in [0.25, 0.3) is 0 Å². The van der Waals surface area contributed by atoms with E-state index >= 15 is 0 Å². The Kier molecular flexibility index (Phi) is 6.40. The Hall–Kier alpha value is -3.35. The fourth-order valence-electron chi connectivity index (χ4n) is 4.80. The van der Waals surface area contributed by atoms with E-state index in [4.69, 9.17) is 9.47 Å². The second-order valence-electron chi connectivity index (χ2n) is 8.90. The molecule has 7 heteroatoms. The molecule has 3 amide bonds. The van der Waals surface area contributed by atoms with Crippen LogP contribution in [0.5, 0.6) is 11.5 Å². The largest absolute Gasteiger partial charge is 0.493 e. The summed E-state index contributed by atoms with van der Waals surface area (Å²) in [5.41, 5.74) is 0.990. The zero-order chi connectivity index (χ0) is 23.6. The number of methoxy groups -OCH3 is 2. The van der Waals surface area contributed by atoms with Gasteiger partial charge in [-0.3, -0.25) is 14.5 Å². The first-order valence-electron chi connectivity index (χ1n) is 11.4. The number of amides is 3. The molecule has 33 heavy (non-hydrogen) atoms. The maximum Gasteiger partial charge on any atom is 0.325 e. The number of carbonyl (C=O) groups excluding carboxylic acids is 3. The number of Topliss-reactive ketones (excluding diaryl/α,β-unsaturated/α-hetero) is 1. The lowest BCUT2D eigenvalue weighted by molar-refractivity contribution is -0.130. The number of rotatable bonds is 7. The summed E-state index contributed by atoms with van der Waals surface area (Å²) in [6, 6.07) is 12.1. The van der Waals surface area contributed by atoms with Crippen molar-refractivity contribution in [1.82, 2.24) is 10.2 Å². The normalized spacial score (nSPS) is 21.1. The lowest BCUT2D eigenvalue weighted by atomic mass is 9.84. The number of carbonyl (C=O) groups is 3. The van der Waals surface area contributed by atoms with Gasteiger partial charge in [-0.15, -0.1) is 0 Å². The van der Waals surface area contributed by atoms with E-state index < -0.39 is 17.5 Å². The van der Waals surface area contributed by atoms with Crippen LogP contribution in [0.15, 0.2) is 42.5 Å². The van der Waals surface area contributed by atoms with Crippen molar-refractivity contribution in [3.8, 4) is 11.5 Å². The molecular weight excluding hydrogens is 420 g/mol. The van der Waals surface area contributed by atoms with Crippen molar-refractivity contribution < 1.29 is 23.9 Å². The summed E-state index contributed by atoms with van der Waals surface area (Å²) in [6.45, 7) is 1.31. The van der Waals surface area contributed by atoms with Crippen molar-refractivity contribution in [3.63, 3.8) is 0 Å². The van der Waals surface area contributed by atoms with Gasteiger partial charge in [-0.05, 0) is 48.9 Å². The van der Waals surface area contributed by atoms with Crippen LogP contribution in [0.4, 0.5) is 4.79 Å². The molecule has 4 rings (SSSR count). The van der Waals surface area contributed by atoms with Crippen LogP contribution in [0, 0.1) is 0 Å². The molecule has 1 N–H and O–H groups in total. The van der Waals surface area contributed by atoms with E-state index in [1.165, 1.54) is 51.9 Å². The minimum atomic E-state index is -1.30. The van der Waals surface area contributed by atoms with Gasteiger partial charge in [-0.25, -0.2) is 4.79 Å². The van der Waals surface area contributed by atoms with Crippen molar-refractivity contribution >= 4 is 17.7 Å². The van der Waals surface area contributed by atoms with Gasteiger partial charge in [0, 0.05) is 5.56 Å². The van der Waals surface area contributed by atoms with Crippen LogP contribution in [-0.2, 0) is 10.3 Å². The molecule has 2 aromatic rings. The van der Waals surface area contributed by atoms with Gasteiger partial charge in [-0.1, -0.05) is 49.6 Å². The van der Waals surface area contributed by atoms with Gasteiger partial charge in [0.05, 0.1) is 20.8 Å². The van der Waals surface area contributed by atoms with Gasteiger partial charge >= 0.3 is 6.03 Å². The highest BCUT2D eigenvalue weighted by atomic mass is 16.5. The van der Waals surface area contributed by atoms with Gasteiger partial charge in [0.2, 0.25) is 0 Å². The third kappa shape index (κ3) is 4.32. The summed E-state index contributed by atoms with van der Waals surface area (Å²) in [5.74, 6) is 0.768. The monoisotopic (exact) mass is 450 g/mol. The fourth-order valence-corrected chi connectivity index (χ4v) is 4.80. The summed E-state index contributed by atoms with van der Waals surface area (Å²) in [6.07, 6.45) is 6.16. The molecule has 0 spiro atoms. The number of nitrogens with zero attached hydrogens (tertiary/aromatic N) is 1. The van der Waals surface area contributed by atoms with Gasteiger partial charge < -0.3 is 14.8 Å². The Morgan fingerprint density at radius 1 is 1.00 bits per heavy atom. The highest BCUT2D eigenvalue weighted by molar-refractivity contribution is 6.11. The van der Waals surface area contributed by atoms with Crippen molar-refractivity contribution in [2.24, 2.45) is 0 Å². The minimum Gasteiger partial charge on any atom is -0.493 e. The highest BCUT2D eigenvalue weighted by Crippen LogP contribution is 2.36. The molecule has 1 unspecified atom stereocenters. The van der Waals surface area contributed by atoms with Crippen molar-refractivity contribution in [2.75, 3.05) is 20.8 Å². The van der Waals surface area contributed by atoms with Gasteiger partial charge in [-0.2, -0.15) is 0 Å². The summed E-state index contributed by atoms with van der Waals surface area (Å²) in [5, 5.41) is 2.73. The Morgan fingerprint density at radius 3 is 2.30 bits per heavy atom. The van der Waals surface area contributed by atoms with E-state index in [9.17, 15) is 14.4 Å². The summed E-state index contributed by atoms with van der Waals surface area (Å²) in [4.78, 5) is 39.8. The van der Waals surface area contributed by atoms with Gasteiger partial charge in [0.1, 0.15) is 5.54 Å². The molecule has 2 fully saturated rings. The van der Waals surface area contributed by atoms with Crippen LogP contribution in [0.3, 0.4) is 0 Å². The summed E-state index contributed by atoms with van der Waals surface area (Å²) in [7, 11) is 3.03. The average Bonchev–Trinajstić information content (AvgIpc) is 3.07. The average molecular weight is 451 g/mol. The molecule has 1 aliphatic carbocycles. The molecule has 2 aliphatic rings. The number of nitrogens with one attached hydrogen (secondary N) is 1. The van der Waals surface area contributed by atoms with E-state index in [0.29, 0.717) is 28.5 Å². The topological polar surface area (TPSA) is 84.9 Å². The Balaban J connectivity index is 1.49. The number of urea groups is 1. The zero-order valence-corrected chi connectivity index (χ0v) is 19.3. The quantitative estimate of drug-likeness (QED) is 0.499. The van der Waals surface area contributed by atoms with E-state index in [-0.39, 0.29) is 12.3 Å². The molecule has 1 saturated carbocycles. The summed E-state index contributed by atoms with van der Waals surface area (Å²) >= 11 is 0. The van der Waals surface area contributed by atoms with E-state index in [1.54, 1.807) is 37.3 Å². The number of hydrogen-bond donors (Lipinski definition) is 1. The highest BCUT2D eigenvalue weighted by Gasteiger charge is 2.49. The number of benzene rings is 2. The van der Waals surface area contributed by atoms with E-state index in [1.807, 2.05) is 12.1 Å². The van der Waals surface area contributed by atoms with Crippen LogP contribution in [0.1, 0.15) is 66.4 Å². The minimum absolute atomic E-state index is 0.273. The number of ether oxygens (including phenoxy) is 2. The Labute approximate surface area is 194 Å². The predicted molar refractivity (Wildman–Crippen MR) is 124 cm³/mol. The number of hydrogen-bond acceptors (Lipinski definition) is 5. The predicted octanol–water partition coefficient (Wildman–Crippen LogP) is 4.40. The lowest BCUT2D eigenvalue weighted by Gasteiger charge is -2.23. The number of ketones is 1. The van der Waals surface area contributed by atoms with Crippen LogP contribution in [-0.4, -0.2) is 43.4 Å². The molecule has 1 aliphatic heterocycles. The molecule has 0 radical (unpaired) electrons. The van der Waals surface area contributed by atoms with Crippen molar-refractivity contribution in [3.05, 3.63) is 59.2 Å². The molecule has 7 nitrogen and oxygen atoms in total. The van der Waals surface area contributed by atoms with Crippen molar-refractivity contribution in [2.45, 2.75) is 50.5 Å². The lowest BCUT2D eigenvalue weighted by Crippen LogP contribution is -2.41. The third-order valence-corrected chi connectivity index (χ3v) is 6.85. The first-order valence-corrected chi connectivity index (χ1v) is 11.4.